The van der Waals surface area contributed by atoms with Crippen LogP contribution in [-0.4, -0.2) is 230 Å². The number of halogens is 1. The zero-order valence-electron chi connectivity index (χ0n) is 56.3. The molecule has 0 bridgehead atoms. The molecule has 0 spiro atoms. The van der Waals surface area contributed by atoms with Gasteiger partial charge in [-0.25, -0.2) is 24.0 Å². The third-order valence-corrected chi connectivity index (χ3v) is 16.1. The van der Waals surface area contributed by atoms with Gasteiger partial charge in [0.25, 0.3) is 17.7 Å². The second kappa shape index (κ2) is 37.1. The summed E-state index contributed by atoms with van der Waals surface area (Å²) >= 11 is 6.57. The lowest BCUT2D eigenvalue weighted by Crippen LogP contribution is -2.54. The molecule has 4 heterocycles. The summed E-state index contributed by atoms with van der Waals surface area (Å²) < 4.78 is 55.0. The Bertz CT molecular complexity index is 3700. The summed E-state index contributed by atoms with van der Waals surface area (Å²) in [4.78, 5) is 156. The summed E-state index contributed by atoms with van der Waals surface area (Å²) in [7, 11) is 8.58. The number of hydrogen-bond acceptors (Lipinski definition) is 22. The molecule has 538 valence electrons. The van der Waals surface area contributed by atoms with Crippen LogP contribution in [0.25, 0.3) is 21.8 Å². The topological polar surface area (TPSA) is 408 Å². The molecule has 99 heavy (non-hydrogen) atoms. The van der Waals surface area contributed by atoms with E-state index in [2.05, 4.69) is 31.2 Å². The molecule has 0 radical (unpaired) electrons. The summed E-state index contributed by atoms with van der Waals surface area (Å²) in [5, 5.41) is 12.2. The van der Waals surface area contributed by atoms with Crippen LogP contribution < -0.4 is 50.8 Å². The number of H-pyrrole nitrogens is 2. The molecule has 8 N–H and O–H groups in total. The second-order valence-electron chi connectivity index (χ2n) is 23.1. The predicted octanol–water partition coefficient (Wildman–Crippen LogP) is 4.61. The van der Waals surface area contributed by atoms with Gasteiger partial charge < -0.3 is 104 Å². The van der Waals surface area contributed by atoms with Crippen molar-refractivity contribution in [3.63, 3.8) is 0 Å². The number of likely N-dealkylation sites (N-methyl/N-ethyl adjacent to an activating group) is 2. The maximum Gasteiger partial charge on any atom is 0.415 e. The maximum absolute atomic E-state index is 14.6. The van der Waals surface area contributed by atoms with Crippen LogP contribution >= 0.6 is 11.6 Å². The van der Waals surface area contributed by atoms with Gasteiger partial charge in [0.15, 0.2) is 17.2 Å². The Morgan fingerprint density at radius 1 is 0.707 bits per heavy atom. The van der Waals surface area contributed by atoms with E-state index in [4.69, 9.17) is 69.5 Å². The van der Waals surface area contributed by atoms with Crippen LogP contribution in [0.2, 0.25) is 0 Å². The number of urea groups is 1. The highest BCUT2D eigenvalue weighted by atomic mass is 35.5. The fourth-order valence-electron chi connectivity index (χ4n) is 10.5. The molecule has 0 aliphatic carbocycles. The molecule has 33 nitrogen and oxygen atoms in total. The number of primary amides is 1. The Balaban J connectivity index is 0.848. The largest absolute Gasteiger partial charge is 0.493 e. The van der Waals surface area contributed by atoms with Gasteiger partial charge in [-0.05, 0) is 60.2 Å². The number of hydrogen-bond donors (Lipinski definition) is 7. The molecule has 7 rings (SSSR count). The van der Waals surface area contributed by atoms with Crippen LogP contribution in [0.15, 0.2) is 48.5 Å². The van der Waals surface area contributed by atoms with Gasteiger partial charge in [0.1, 0.15) is 30.1 Å². The van der Waals surface area contributed by atoms with Crippen LogP contribution in [0.4, 0.5) is 25.8 Å². The van der Waals surface area contributed by atoms with E-state index in [9.17, 15) is 52.7 Å². The number of benzene rings is 3. The third-order valence-electron chi connectivity index (χ3n) is 15.8. The Labute approximate surface area is 574 Å². The van der Waals surface area contributed by atoms with Crippen LogP contribution in [0.3, 0.4) is 0 Å². The van der Waals surface area contributed by atoms with Crippen LogP contribution in [0.1, 0.15) is 90.4 Å². The summed E-state index contributed by atoms with van der Waals surface area (Å²) in [5.74, 6) is -4.44. The fourth-order valence-corrected chi connectivity index (χ4v) is 10.8. The Morgan fingerprint density at radius 3 is 1.92 bits per heavy atom. The minimum absolute atomic E-state index is 0.00447. The monoisotopic (exact) mass is 1410 g/mol. The molecule has 2 aromatic heterocycles. The zero-order valence-corrected chi connectivity index (χ0v) is 57.1. The van der Waals surface area contributed by atoms with Crippen LogP contribution in [-0.2, 0) is 68.6 Å². The number of alkyl halides is 1. The summed E-state index contributed by atoms with van der Waals surface area (Å²) in [6.45, 7) is 4.79. The SMILES string of the molecule is COC(=O)c1cc2c3c(cc(OC(=O)N(C)CCN(C)C(=O)OCc4ccc(NC(=O)[C@H](CCCNC(N)=O)NC(=O)[C@@H](NC(=O)CCOCCOCCOCCOCCC(=O)ON5C(=O)CCC5=O)C(C)C)cc4)c2[nH]1)N(C(=O)c1cc2cc(OC)c(OC)c(OC)c2[nH]1)C[C@H]3CCl. The third kappa shape index (κ3) is 20.8. The van der Waals surface area contributed by atoms with Gasteiger partial charge in [0.2, 0.25) is 23.5 Å². The number of aromatic amines is 2. The van der Waals surface area contributed by atoms with E-state index < -0.39 is 89.5 Å². The average Bonchev–Trinajstić information content (AvgIpc) is 1.58. The molecule has 34 heteroatoms. The molecule has 0 saturated carbocycles. The molecule has 3 aromatic carbocycles. The Morgan fingerprint density at radius 2 is 1.32 bits per heavy atom. The van der Waals surface area contributed by atoms with Gasteiger partial charge >= 0.3 is 30.2 Å². The Kier molecular flexibility index (Phi) is 28.7. The first-order valence-electron chi connectivity index (χ1n) is 31.7. The minimum atomic E-state index is -1.13. The molecule has 2 aliphatic rings. The Hall–Kier alpha value is -9.96. The van der Waals surface area contributed by atoms with Crippen molar-refractivity contribution in [2.24, 2.45) is 11.7 Å². The minimum Gasteiger partial charge on any atom is -0.493 e. The zero-order chi connectivity index (χ0) is 71.9. The number of amides is 10. The van der Waals surface area contributed by atoms with E-state index >= 15 is 0 Å². The molecular weight excluding hydrogens is 1320 g/mol. The van der Waals surface area contributed by atoms with Crippen molar-refractivity contribution in [3.05, 3.63) is 71.0 Å². The summed E-state index contributed by atoms with van der Waals surface area (Å²) in [6, 6.07) is 9.88. The van der Waals surface area contributed by atoms with E-state index in [1.54, 1.807) is 56.3 Å². The van der Waals surface area contributed by atoms with Crippen molar-refractivity contribution in [1.82, 2.24) is 40.8 Å². The molecule has 0 unspecified atom stereocenters. The van der Waals surface area contributed by atoms with Crippen molar-refractivity contribution < 1.29 is 105 Å². The predicted molar refractivity (Wildman–Crippen MR) is 354 cm³/mol. The van der Waals surface area contributed by atoms with Gasteiger partial charge in [-0.1, -0.05) is 26.0 Å². The van der Waals surface area contributed by atoms with Gasteiger partial charge in [-0.3, -0.25) is 28.8 Å². The molecule has 5 aromatic rings. The number of aromatic nitrogens is 2. The average molecular weight is 1410 g/mol. The van der Waals surface area contributed by atoms with E-state index in [-0.39, 0.29) is 153 Å². The van der Waals surface area contributed by atoms with Gasteiger partial charge in [0, 0.05) is 93.9 Å². The lowest BCUT2D eigenvalue weighted by Gasteiger charge is -2.25. The van der Waals surface area contributed by atoms with Crippen LogP contribution in [0, 0.1) is 5.92 Å². The van der Waals surface area contributed by atoms with Crippen molar-refractivity contribution in [2.45, 2.75) is 77.0 Å². The van der Waals surface area contributed by atoms with E-state index in [1.807, 2.05) is 0 Å². The number of imide groups is 1. The number of nitrogens with one attached hydrogen (secondary N) is 6. The highest BCUT2D eigenvalue weighted by Crippen LogP contribution is 2.48. The molecule has 1 saturated heterocycles. The number of nitrogens with two attached hydrogens (primary N) is 1. The van der Waals surface area contributed by atoms with Gasteiger partial charge in [-0.15, -0.1) is 16.7 Å². The quantitative estimate of drug-likeness (QED) is 0.0123. The number of hydroxylamine groups is 2. The number of rotatable bonds is 38. The van der Waals surface area contributed by atoms with Crippen LogP contribution in [0.5, 0.6) is 23.0 Å². The smallest absolute Gasteiger partial charge is 0.415 e. The second-order valence-corrected chi connectivity index (χ2v) is 23.4. The van der Waals surface area contributed by atoms with E-state index in [0.29, 0.717) is 61.1 Å². The first kappa shape index (κ1) is 76.4. The standard InChI is InChI=1S/C65H84ClN11O22/c1-37(2)54(73-49(78)17-22-93-24-26-95-28-29-96-27-25-94-23-18-52(81)99-77-50(79)15-16-51(77)80)60(83)72-43(10-9-19-68-63(67)86)59(82)69-41-13-11-38(12-14-41)36-97-64(87)74(3)20-21-75(4)65(88)98-47-33-46-53(42-32-45(62(85)92-8)71-56(42)47)40(34-66)35-76(46)61(84)44-30-39-31-48(89-5)57(90-6)58(91-7)55(39)70-44/h11-14,30-33,37,40,43,54,70-71H,9-10,15-29,34-36H2,1-8H3,(H,69,82)(H,72,83)(H,73,78)(H3,67,68,86)/t40-,43+,54+/m1/s1. The highest BCUT2D eigenvalue weighted by Gasteiger charge is 2.38. The first-order chi connectivity index (χ1) is 47.5. The van der Waals surface area contributed by atoms with Crippen molar-refractivity contribution >= 4 is 110 Å². The molecule has 10 amide bonds. The lowest BCUT2D eigenvalue weighted by atomic mass is 9.98. The van der Waals surface area contributed by atoms with E-state index in [0.717, 1.165) is 0 Å². The van der Waals surface area contributed by atoms with Gasteiger partial charge in [0.05, 0.1) is 104 Å². The molecule has 1 fully saturated rings. The number of anilines is 2. The number of nitrogens with zero attached hydrogens (tertiary/aromatic N) is 4. The maximum atomic E-state index is 14.6. The number of ether oxygens (including phenoxy) is 10. The van der Waals surface area contributed by atoms with Crippen molar-refractivity contribution in [1.29, 1.82) is 0 Å². The van der Waals surface area contributed by atoms with Gasteiger partial charge in [-0.2, -0.15) is 0 Å². The molecule has 3 atom stereocenters. The number of methoxy groups -OCH3 is 4. The first-order valence-corrected chi connectivity index (χ1v) is 32.2. The molecular formula is C65H84ClN11O22. The lowest BCUT2D eigenvalue weighted by molar-refractivity contribution is -0.198. The highest BCUT2D eigenvalue weighted by molar-refractivity contribution is 6.19. The number of fused-ring (bicyclic) bond motifs is 4. The summed E-state index contributed by atoms with van der Waals surface area (Å²) in [6.07, 6.45) is -1.48. The van der Waals surface area contributed by atoms with Crippen molar-refractivity contribution in [3.8, 4) is 23.0 Å². The number of carbonyl (C=O) groups excluding carboxylic acids is 11. The molecule has 2 aliphatic heterocycles. The van der Waals surface area contributed by atoms with Crippen molar-refractivity contribution in [2.75, 3.05) is 138 Å². The fraction of sp³-hybridized carbons (Fsp3) is 0.492. The number of carbonyl (C=O) groups is 11. The van der Waals surface area contributed by atoms with E-state index in [1.165, 1.54) is 63.3 Å². The number of esters is 1. The summed E-state index contributed by atoms with van der Waals surface area (Å²) in [5.41, 5.74) is 8.13. The normalized spacial score (nSPS) is 13.9.